The molecule has 0 aliphatic carbocycles. The molecule has 0 radical (unpaired) electrons. The third-order valence-corrected chi connectivity index (χ3v) is 3.77. The van der Waals surface area contributed by atoms with Crippen LogP contribution in [-0.2, 0) is 0 Å². The first kappa shape index (κ1) is 14.3. The van der Waals surface area contributed by atoms with Crippen molar-refractivity contribution in [3.8, 4) is 0 Å². The Bertz CT molecular complexity index is 430. The van der Waals surface area contributed by atoms with Crippen LogP contribution in [0.15, 0.2) is 28.7 Å². The lowest BCUT2D eigenvalue weighted by molar-refractivity contribution is 0.147. The summed E-state index contributed by atoms with van der Waals surface area (Å²) in [4.78, 5) is 16.4. The Morgan fingerprint density at radius 3 is 2.68 bits per heavy atom. The molecule has 4 nitrogen and oxygen atoms in total. The van der Waals surface area contributed by atoms with Crippen molar-refractivity contribution in [1.29, 1.82) is 0 Å². The first-order chi connectivity index (χ1) is 9.19. The molecular weight excluding hydrogens is 306 g/mol. The summed E-state index contributed by atoms with van der Waals surface area (Å²) in [6, 6.07) is 7.66. The predicted octanol–water partition coefficient (Wildman–Crippen LogP) is 3.01. The Morgan fingerprint density at radius 2 is 2.05 bits per heavy atom. The molecule has 0 aromatic heterocycles. The molecule has 1 aliphatic rings. The number of amides is 2. The van der Waals surface area contributed by atoms with Gasteiger partial charge in [0.2, 0.25) is 0 Å². The molecule has 0 saturated carbocycles. The molecule has 1 N–H and O–H groups in total. The van der Waals surface area contributed by atoms with Crippen molar-refractivity contribution in [3.05, 3.63) is 28.7 Å². The molecular formula is C14H20BrN3O. The van der Waals surface area contributed by atoms with E-state index in [1.165, 1.54) is 6.42 Å². The highest BCUT2D eigenvalue weighted by Crippen LogP contribution is 2.16. The second-order valence-corrected chi connectivity index (χ2v) is 5.68. The van der Waals surface area contributed by atoms with Crippen molar-refractivity contribution in [2.24, 2.45) is 0 Å². The van der Waals surface area contributed by atoms with E-state index < -0.39 is 0 Å². The number of nitrogens with zero attached hydrogens (tertiary/aromatic N) is 2. The number of piperazine rings is 1. The maximum absolute atomic E-state index is 12.1. The van der Waals surface area contributed by atoms with Crippen LogP contribution in [0.3, 0.4) is 0 Å². The van der Waals surface area contributed by atoms with Gasteiger partial charge in [0.15, 0.2) is 0 Å². The highest BCUT2D eigenvalue weighted by Gasteiger charge is 2.20. The molecule has 5 heteroatoms. The van der Waals surface area contributed by atoms with E-state index in [9.17, 15) is 4.79 Å². The maximum atomic E-state index is 12.1. The highest BCUT2D eigenvalue weighted by atomic mass is 79.9. The lowest BCUT2D eigenvalue weighted by Gasteiger charge is -2.34. The summed E-state index contributed by atoms with van der Waals surface area (Å²) in [5.74, 6) is 0. The summed E-state index contributed by atoms with van der Waals surface area (Å²) in [6.45, 7) is 6.87. The molecule has 1 fully saturated rings. The topological polar surface area (TPSA) is 35.6 Å². The molecule has 1 aliphatic heterocycles. The Morgan fingerprint density at radius 1 is 1.32 bits per heavy atom. The van der Waals surface area contributed by atoms with Crippen molar-refractivity contribution >= 4 is 27.6 Å². The molecule has 19 heavy (non-hydrogen) atoms. The van der Waals surface area contributed by atoms with Gasteiger partial charge in [-0.25, -0.2) is 4.79 Å². The summed E-state index contributed by atoms with van der Waals surface area (Å²) >= 11 is 3.40. The Hall–Kier alpha value is -1.07. The molecule has 0 unspecified atom stereocenters. The number of carbonyl (C=O) groups excluding carboxylic acids is 1. The Kier molecular flexibility index (Phi) is 5.22. The molecule has 2 amide bonds. The number of urea groups is 1. The minimum atomic E-state index is -0.00533. The third kappa shape index (κ3) is 4.21. The van der Waals surface area contributed by atoms with Gasteiger partial charge in [0.25, 0.3) is 0 Å². The smallest absolute Gasteiger partial charge is 0.321 e. The number of rotatable bonds is 3. The van der Waals surface area contributed by atoms with E-state index in [0.29, 0.717) is 0 Å². The molecule has 104 valence electrons. The number of halogens is 1. The van der Waals surface area contributed by atoms with Gasteiger partial charge in [-0.2, -0.15) is 0 Å². The second-order valence-electron chi connectivity index (χ2n) is 4.77. The fraction of sp³-hybridized carbons (Fsp3) is 0.500. The molecule has 0 spiro atoms. The van der Waals surface area contributed by atoms with Gasteiger partial charge in [0.05, 0.1) is 0 Å². The van der Waals surface area contributed by atoms with Crippen LogP contribution in [0.1, 0.15) is 13.3 Å². The summed E-state index contributed by atoms with van der Waals surface area (Å²) in [5.41, 5.74) is 0.829. The van der Waals surface area contributed by atoms with Gasteiger partial charge >= 0.3 is 6.03 Å². The summed E-state index contributed by atoms with van der Waals surface area (Å²) in [6.07, 6.45) is 1.17. The summed E-state index contributed by atoms with van der Waals surface area (Å²) < 4.78 is 0.970. The van der Waals surface area contributed by atoms with Crippen LogP contribution >= 0.6 is 15.9 Å². The number of hydrogen-bond donors (Lipinski definition) is 1. The number of anilines is 1. The highest BCUT2D eigenvalue weighted by molar-refractivity contribution is 9.10. The zero-order valence-corrected chi connectivity index (χ0v) is 12.8. The zero-order valence-electron chi connectivity index (χ0n) is 11.2. The second kappa shape index (κ2) is 6.91. The van der Waals surface area contributed by atoms with Crippen LogP contribution in [0.25, 0.3) is 0 Å². The molecule has 1 heterocycles. The van der Waals surface area contributed by atoms with Crippen molar-refractivity contribution in [1.82, 2.24) is 9.80 Å². The first-order valence-corrected chi connectivity index (χ1v) is 7.52. The summed E-state index contributed by atoms with van der Waals surface area (Å²) in [5, 5.41) is 2.94. The molecule has 2 rings (SSSR count). The first-order valence-electron chi connectivity index (χ1n) is 6.73. The Labute approximate surface area is 122 Å². The summed E-state index contributed by atoms with van der Waals surface area (Å²) in [7, 11) is 0. The van der Waals surface area contributed by atoms with Crippen LogP contribution in [0.2, 0.25) is 0 Å². The van der Waals surface area contributed by atoms with E-state index in [2.05, 4.69) is 33.1 Å². The van der Waals surface area contributed by atoms with Gasteiger partial charge in [0.1, 0.15) is 0 Å². The fourth-order valence-electron chi connectivity index (χ4n) is 2.26. The van der Waals surface area contributed by atoms with Crippen molar-refractivity contribution in [2.75, 3.05) is 38.0 Å². The zero-order chi connectivity index (χ0) is 13.7. The fourth-order valence-corrected chi connectivity index (χ4v) is 2.66. The van der Waals surface area contributed by atoms with Gasteiger partial charge < -0.3 is 10.2 Å². The van der Waals surface area contributed by atoms with Crippen molar-refractivity contribution in [3.63, 3.8) is 0 Å². The van der Waals surface area contributed by atoms with Gasteiger partial charge in [-0.1, -0.05) is 28.9 Å². The van der Waals surface area contributed by atoms with Crippen LogP contribution in [0.4, 0.5) is 10.5 Å². The SMILES string of the molecule is CCCN1CCN(C(=O)Nc2cccc(Br)c2)CC1. The minimum Gasteiger partial charge on any atom is -0.322 e. The van der Waals surface area contributed by atoms with Crippen LogP contribution in [0.5, 0.6) is 0 Å². The maximum Gasteiger partial charge on any atom is 0.321 e. The van der Waals surface area contributed by atoms with E-state index in [0.717, 1.165) is 42.9 Å². The minimum absolute atomic E-state index is 0.00533. The number of benzene rings is 1. The number of nitrogens with one attached hydrogen (secondary N) is 1. The lowest BCUT2D eigenvalue weighted by atomic mass is 10.3. The van der Waals surface area contributed by atoms with Gasteiger partial charge in [-0.15, -0.1) is 0 Å². The van der Waals surface area contributed by atoms with Crippen LogP contribution in [0, 0.1) is 0 Å². The standard InChI is InChI=1S/C14H20BrN3O/c1-2-6-17-7-9-18(10-8-17)14(19)16-13-5-3-4-12(15)11-13/h3-5,11H,2,6-10H2,1H3,(H,16,19). The van der Waals surface area contributed by atoms with Gasteiger partial charge in [-0.3, -0.25) is 4.90 Å². The van der Waals surface area contributed by atoms with Crippen LogP contribution in [-0.4, -0.2) is 48.6 Å². The average Bonchev–Trinajstić information content (AvgIpc) is 2.40. The largest absolute Gasteiger partial charge is 0.322 e. The third-order valence-electron chi connectivity index (χ3n) is 3.28. The number of carbonyl (C=O) groups is 1. The lowest BCUT2D eigenvalue weighted by Crippen LogP contribution is -2.50. The normalized spacial score (nSPS) is 16.4. The van der Waals surface area contributed by atoms with E-state index in [1.807, 2.05) is 29.2 Å². The molecule has 1 aromatic rings. The van der Waals surface area contributed by atoms with E-state index in [-0.39, 0.29) is 6.03 Å². The van der Waals surface area contributed by atoms with Gasteiger partial charge in [0, 0.05) is 36.3 Å². The molecule has 1 saturated heterocycles. The van der Waals surface area contributed by atoms with E-state index >= 15 is 0 Å². The van der Waals surface area contributed by atoms with E-state index in [4.69, 9.17) is 0 Å². The number of hydrogen-bond acceptors (Lipinski definition) is 2. The monoisotopic (exact) mass is 325 g/mol. The average molecular weight is 326 g/mol. The predicted molar refractivity (Wildman–Crippen MR) is 81.5 cm³/mol. The molecule has 1 aromatic carbocycles. The van der Waals surface area contributed by atoms with Crippen molar-refractivity contribution < 1.29 is 4.79 Å². The van der Waals surface area contributed by atoms with Crippen molar-refractivity contribution in [2.45, 2.75) is 13.3 Å². The van der Waals surface area contributed by atoms with E-state index in [1.54, 1.807) is 0 Å². The Balaban J connectivity index is 1.84. The molecule has 0 atom stereocenters. The quantitative estimate of drug-likeness (QED) is 0.927. The molecule has 0 bridgehead atoms. The van der Waals surface area contributed by atoms with Gasteiger partial charge in [-0.05, 0) is 31.2 Å². The van der Waals surface area contributed by atoms with Crippen LogP contribution < -0.4 is 5.32 Å².